The Bertz CT molecular complexity index is 652. The Labute approximate surface area is 157 Å². The van der Waals surface area contributed by atoms with Gasteiger partial charge in [-0.25, -0.2) is 0 Å². The summed E-state index contributed by atoms with van der Waals surface area (Å²) >= 11 is 0. The fourth-order valence-corrected chi connectivity index (χ4v) is 3.80. The molecule has 1 aromatic rings. The molecule has 0 bridgehead atoms. The fourth-order valence-electron chi connectivity index (χ4n) is 3.80. The van der Waals surface area contributed by atoms with Crippen LogP contribution in [0.3, 0.4) is 0 Å². The van der Waals surface area contributed by atoms with Gasteiger partial charge in [0.15, 0.2) is 0 Å². The molecule has 3 rings (SSSR count). The second-order valence-corrected chi connectivity index (χ2v) is 7.14. The number of hydrogen-bond acceptors (Lipinski definition) is 3. The van der Waals surface area contributed by atoms with Crippen LogP contribution in [0, 0.1) is 0 Å². The van der Waals surface area contributed by atoms with Gasteiger partial charge in [-0.2, -0.15) is 0 Å². The van der Waals surface area contributed by atoms with Gasteiger partial charge in [0, 0.05) is 25.2 Å². The molecule has 0 unspecified atom stereocenters. The zero-order chi connectivity index (χ0) is 19.3. The van der Waals surface area contributed by atoms with Gasteiger partial charge in [-0.15, -0.1) is 13.2 Å². The lowest BCUT2D eigenvalue weighted by Gasteiger charge is -2.32. The largest absolute Gasteiger partial charge is 0.573 e. The summed E-state index contributed by atoms with van der Waals surface area (Å²) in [7, 11) is 0. The van der Waals surface area contributed by atoms with E-state index in [2.05, 4.69) is 9.64 Å². The lowest BCUT2D eigenvalue weighted by atomic mass is 10.1. The van der Waals surface area contributed by atoms with Crippen LogP contribution in [0.2, 0.25) is 0 Å². The van der Waals surface area contributed by atoms with Crippen LogP contribution in [0.25, 0.3) is 6.08 Å². The predicted octanol–water partition coefficient (Wildman–Crippen LogP) is 4.08. The number of halogens is 3. The minimum Gasteiger partial charge on any atom is -0.406 e. The molecule has 0 radical (unpaired) electrons. The number of benzene rings is 1. The second-order valence-electron chi connectivity index (χ2n) is 7.14. The van der Waals surface area contributed by atoms with Gasteiger partial charge in [0.1, 0.15) is 5.75 Å². The highest BCUT2D eigenvalue weighted by Crippen LogP contribution is 2.24. The summed E-state index contributed by atoms with van der Waals surface area (Å²) in [6.45, 7) is 3.92. The Balaban J connectivity index is 1.55. The lowest BCUT2D eigenvalue weighted by Crippen LogP contribution is -2.44. The van der Waals surface area contributed by atoms with E-state index in [9.17, 15) is 18.0 Å². The highest BCUT2D eigenvalue weighted by Gasteiger charge is 2.31. The number of piperidine rings is 1. The van der Waals surface area contributed by atoms with Crippen molar-refractivity contribution >= 4 is 12.0 Å². The van der Waals surface area contributed by atoms with Crippen LogP contribution in [-0.4, -0.2) is 54.3 Å². The first-order chi connectivity index (χ1) is 12.9. The normalized spacial score (nSPS) is 21.7. The number of ether oxygens (including phenoxy) is 1. The molecule has 2 heterocycles. The van der Waals surface area contributed by atoms with E-state index in [1.807, 2.05) is 4.90 Å². The van der Waals surface area contributed by atoms with Crippen molar-refractivity contribution in [1.82, 2.24) is 9.80 Å². The van der Waals surface area contributed by atoms with Crippen molar-refractivity contribution in [1.29, 1.82) is 0 Å². The number of likely N-dealkylation sites (tertiary alicyclic amines) is 2. The first-order valence-electron chi connectivity index (χ1n) is 9.47. The smallest absolute Gasteiger partial charge is 0.406 e. The van der Waals surface area contributed by atoms with Crippen molar-refractivity contribution in [3.05, 3.63) is 35.9 Å². The average Bonchev–Trinajstić information content (AvgIpc) is 3.09. The topological polar surface area (TPSA) is 32.8 Å². The zero-order valence-electron chi connectivity index (χ0n) is 15.3. The molecular weight excluding hydrogens is 357 g/mol. The molecule has 1 atom stereocenters. The van der Waals surface area contributed by atoms with Gasteiger partial charge in [-0.3, -0.25) is 4.79 Å². The molecule has 1 amide bonds. The van der Waals surface area contributed by atoms with E-state index < -0.39 is 6.36 Å². The number of hydrogen-bond donors (Lipinski definition) is 0. The third-order valence-corrected chi connectivity index (χ3v) is 5.11. The molecule has 4 nitrogen and oxygen atoms in total. The molecule has 0 spiro atoms. The monoisotopic (exact) mass is 382 g/mol. The minimum absolute atomic E-state index is 0.0369. The number of carbonyl (C=O) groups excluding carboxylic acids is 1. The van der Waals surface area contributed by atoms with Gasteiger partial charge in [-0.05, 0) is 62.5 Å². The molecule has 2 saturated heterocycles. The summed E-state index contributed by atoms with van der Waals surface area (Å²) < 4.78 is 40.4. The maximum Gasteiger partial charge on any atom is 0.573 e. The molecule has 0 aliphatic carbocycles. The van der Waals surface area contributed by atoms with Gasteiger partial charge in [0.25, 0.3) is 0 Å². The van der Waals surface area contributed by atoms with Crippen LogP contribution in [0.5, 0.6) is 5.75 Å². The standard InChI is InChI=1S/C20H25F3N2O2/c21-20(22,23)27-18-9-6-16(7-10-18)8-11-19(26)25-14-4-5-17(25)15-24-12-2-1-3-13-24/h6-11,17H,1-5,12-15H2/t17-/m1/s1. The van der Waals surface area contributed by atoms with Crippen molar-refractivity contribution in [3.8, 4) is 5.75 Å². The van der Waals surface area contributed by atoms with E-state index in [0.717, 1.165) is 39.0 Å². The van der Waals surface area contributed by atoms with Crippen molar-refractivity contribution in [2.75, 3.05) is 26.2 Å². The minimum atomic E-state index is -4.70. The zero-order valence-corrected chi connectivity index (χ0v) is 15.3. The third-order valence-electron chi connectivity index (χ3n) is 5.11. The summed E-state index contributed by atoms with van der Waals surface area (Å²) in [4.78, 5) is 16.9. The fraction of sp³-hybridized carbons (Fsp3) is 0.550. The maximum absolute atomic E-state index is 12.6. The van der Waals surface area contributed by atoms with Crippen molar-refractivity contribution < 1.29 is 22.7 Å². The van der Waals surface area contributed by atoms with Crippen LogP contribution >= 0.6 is 0 Å². The molecule has 148 valence electrons. The summed E-state index contributed by atoms with van der Waals surface area (Å²) in [6.07, 6.45) is 4.24. The van der Waals surface area contributed by atoms with Crippen molar-refractivity contribution in [2.45, 2.75) is 44.5 Å². The molecule has 7 heteroatoms. The average molecular weight is 382 g/mol. The molecule has 0 N–H and O–H groups in total. The molecule has 27 heavy (non-hydrogen) atoms. The summed E-state index contributed by atoms with van der Waals surface area (Å²) in [5.41, 5.74) is 0.657. The van der Waals surface area contributed by atoms with Crippen LogP contribution in [-0.2, 0) is 4.79 Å². The van der Waals surface area contributed by atoms with Gasteiger partial charge >= 0.3 is 6.36 Å². The van der Waals surface area contributed by atoms with E-state index in [4.69, 9.17) is 0 Å². The predicted molar refractivity (Wildman–Crippen MR) is 97.2 cm³/mol. The summed E-state index contributed by atoms with van der Waals surface area (Å²) in [5, 5.41) is 0. The summed E-state index contributed by atoms with van der Waals surface area (Å²) in [6, 6.07) is 5.74. The van der Waals surface area contributed by atoms with Crippen LogP contribution in [0.4, 0.5) is 13.2 Å². The van der Waals surface area contributed by atoms with Crippen molar-refractivity contribution in [2.24, 2.45) is 0 Å². The molecule has 1 aromatic carbocycles. The Hall–Kier alpha value is -2.02. The third kappa shape index (κ3) is 5.99. The Morgan fingerprint density at radius 2 is 1.78 bits per heavy atom. The van der Waals surface area contributed by atoms with E-state index >= 15 is 0 Å². The molecular formula is C20H25F3N2O2. The quantitative estimate of drug-likeness (QED) is 0.720. The first kappa shape index (κ1) is 19.7. The number of amides is 1. The number of nitrogens with zero attached hydrogens (tertiary/aromatic N) is 2. The van der Waals surface area contributed by atoms with Crippen LogP contribution < -0.4 is 4.74 Å². The number of rotatable bonds is 5. The van der Waals surface area contributed by atoms with Gasteiger partial charge in [0.2, 0.25) is 5.91 Å². The van der Waals surface area contributed by atoms with Gasteiger partial charge in [0.05, 0.1) is 0 Å². The number of carbonyl (C=O) groups is 1. The van der Waals surface area contributed by atoms with Crippen molar-refractivity contribution in [3.63, 3.8) is 0 Å². The second kappa shape index (κ2) is 8.78. The first-order valence-corrected chi connectivity index (χ1v) is 9.47. The van der Waals surface area contributed by atoms with Crippen LogP contribution in [0.1, 0.15) is 37.7 Å². The number of alkyl halides is 3. The summed E-state index contributed by atoms with van der Waals surface area (Å²) in [5.74, 6) is -0.308. The van der Waals surface area contributed by atoms with E-state index in [-0.39, 0.29) is 17.7 Å². The highest BCUT2D eigenvalue weighted by atomic mass is 19.4. The molecule has 2 fully saturated rings. The Kier molecular flexibility index (Phi) is 6.42. The Morgan fingerprint density at radius 1 is 1.07 bits per heavy atom. The van der Waals surface area contributed by atoms with E-state index in [1.165, 1.54) is 49.6 Å². The highest BCUT2D eigenvalue weighted by molar-refractivity contribution is 5.92. The van der Waals surface area contributed by atoms with E-state index in [1.54, 1.807) is 6.08 Å². The van der Waals surface area contributed by atoms with E-state index in [0.29, 0.717) is 5.56 Å². The Morgan fingerprint density at radius 3 is 2.44 bits per heavy atom. The lowest BCUT2D eigenvalue weighted by molar-refractivity contribution is -0.274. The maximum atomic E-state index is 12.6. The molecule has 2 aliphatic rings. The molecule has 0 saturated carbocycles. The molecule has 2 aliphatic heterocycles. The van der Waals surface area contributed by atoms with Crippen LogP contribution in [0.15, 0.2) is 30.3 Å². The van der Waals surface area contributed by atoms with Gasteiger partial charge < -0.3 is 14.5 Å². The molecule has 0 aromatic heterocycles. The van der Waals surface area contributed by atoms with Gasteiger partial charge in [-0.1, -0.05) is 18.6 Å². The SMILES string of the molecule is O=C(C=Cc1ccc(OC(F)(F)F)cc1)N1CCC[C@@H]1CN1CCCCC1.